The van der Waals surface area contributed by atoms with E-state index in [9.17, 15) is 14.0 Å². The standard InChI is InChI=1S/C24H25FN2O3S/c25-17-7-4-10-19(15-17)27(22(28)16-20-11-6-14-31-20)23(21-12-5-13-30-21)24(29)26-18-8-2-1-3-9-18/h4-7,10-15,18,23H,1-3,8-9,16H2,(H,26,29)/t23-/m0/s1. The Morgan fingerprint density at radius 3 is 2.65 bits per heavy atom. The van der Waals surface area contributed by atoms with E-state index in [4.69, 9.17) is 4.42 Å². The van der Waals surface area contributed by atoms with E-state index >= 15 is 0 Å². The van der Waals surface area contributed by atoms with Gasteiger partial charge in [0, 0.05) is 16.6 Å². The molecule has 0 saturated heterocycles. The topological polar surface area (TPSA) is 62.6 Å². The number of nitrogens with one attached hydrogen (secondary N) is 1. The van der Waals surface area contributed by atoms with Gasteiger partial charge in [0.1, 0.15) is 11.6 Å². The van der Waals surface area contributed by atoms with Gasteiger partial charge in [0.25, 0.3) is 5.91 Å². The number of nitrogens with zero attached hydrogens (tertiary/aromatic N) is 1. The van der Waals surface area contributed by atoms with Crippen LogP contribution in [-0.2, 0) is 16.0 Å². The Hall–Kier alpha value is -2.93. The predicted molar refractivity (Wildman–Crippen MR) is 118 cm³/mol. The lowest BCUT2D eigenvalue weighted by molar-refractivity contribution is -0.127. The molecule has 162 valence electrons. The van der Waals surface area contributed by atoms with E-state index in [-0.39, 0.29) is 24.3 Å². The Bertz CT molecular complexity index is 998. The van der Waals surface area contributed by atoms with Crippen LogP contribution in [0, 0.1) is 5.82 Å². The molecule has 3 aromatic rings. The molecule has 0 bridgehead atoms. The predicted octanol–water partition coefficient (Wildman–Crippen LogP) is 5.25. The zero-order valence-electron chi connectivity index (χ0n) is 17.1. The third-order valence-corrected chi connectivity index (χ3v) is 6.41. The third kappa shape index (κ3) is 5.22. The fourth-order valence-corrected chi connectivity index (χ4v) is 4.75. The molecule has 2 amide bonds. The number of carbonyl (C=O) groups excluding carboxylic acids is 2. The van der Waals surface area contributed by atoms with E-state index in [1.807, 2.05) is 17.5 Å². The summed E-state index contributed by atoms with van der Waals surface area (Å²) >= 11 is 1.47. The number of benzene rings is 1. The molecular weight excluding hydrogens is 415 g/mol. The van der Waals surface area contributed by atoms with Crippen molar-refractivity contribution in [3.63, 3.8) is 0 Å². The molecule has 0 radical (unpaired) electrons. The van der Waals surface area contributed by atoms with Crippen molar-refractivity contribution in [2.24, 2.45) is 0 Å². The minimum atomic E-state index is -1.02. The molecule has 31 heavy (non-hydrogen) atoms. The highest BCUT2D eigenvalue weighted by molar-refractivity contribution is 7.10. The summed E-state index contributed by atoms with van der Waals surface area (Å²) in [7, 11) is 0. The van der Waals surface area contributed by atoms with E-state index in [1.165, 1.54) is 47.1 Å². The summed E-state index contributed by atoms with van der Waals surface area (Å²) in [5.74, 6) is -0.742. The van der Waals surface area contributed by atoms with E-state index in [0.717, 1.165) is 30.6 Å². The number of thiophene rings is 1. The van der Waals surface area contributed by atoms with Gasteiger partial charge in [-0.15, -0.1) is 11.3 Å². The zero-order chi connectivity index (χ0) is 21.6. The number of carbonyl (C=O) groups is 2. The normalized spacial score (nSPS) is 15.4. The van der Waals surface area contributed by atoms with Crippen molar-refractivity contribution in [3.8, 4) is 0 Å². The number of hydrogen-bond donors (Lipinski definition) is 1. The summed E-state index contributed by atoms with van der Waals surface area (Å²) in [6.07, 6.45) is 6.73. The van der Waals surface area contributed by atoms with E-state index in [0.29, 0.717) is 11.4 Å². The van der Waals surface area contributed by atoms with Crippen LogP contribution in [0.1, 0.15) is 48.8 Å². The quantitative estimate of drug-likeness (QED) is 0.546. The van der Waals surface area contributed by atoms with Gasteiger partial charge in [-0.25, -0.2) is 4.39 Å². The first-order chi connectivity index (χ1) is 15.1. The number of amides is 2. The zero-order valence-corrected chi connectivity index (χ0v) is 17.9. The van der Waals surface area contributed by atoms with Gasteiger partial charge in [0.05, 0.1) is 12.7 Å². The van der Waals surface area contributed by atoms with Crippen molar-refractivity contribution >= 4 is 28.8 Å². The molecule has 2 heterocycles. The van der Waals surface area contributed by atoms with Gasteiger partial charge in [0.15, 0.2) is 6.04 Å². The van der Waals surface area contributed by atoms with Gasteiger partial charge in [-0.1, -0.05) is 31.4 Å². The highest BCUT2D eigenvalue weighted by Crippen LogP contribution is 2.31. The van der Waals surface area contributed by atoms with Gasteiger partial charge in [-0.3, -0.25) is 14.5 Å². The summed E-state index contributed by atoms with van der Waals surface area (Å²) in [5, 5.41) is 5.00. The second-order valence-electron chi connectivity index (χ2n) is 7.76. The van der Waals surface area contributed by atoms with Gasteiger partial charge in [-0.2, -0.15) is 0 Å². The van der Waals surface area contributed by atoms with Crippen molar-refractivity contribution in [1.29, 1.82) is 0 Å². The Balaban J connectivity index is 1.70. The minimum absolute atomic E-state index is 0.0699. The lowest BCUT2D eigenvalue weighted by Gasteiger charge is -2.32. The van der Waals surface area contributed by atoms with Gasteiger partial charge in [-0.05, 0) is 54.6 Å². The highest BCUT2D eigenvalue weighted by Gasteiger charge is 2.36. The summed E-state index contributed by atoms with van der Waals surface area (Å²) < 4.78 is 19.7. The fraction of sp³-hybridized carbons (Fsp3) is 0.333. The molecule has 1 aliphatic carbocycles. The van der Waals surface area contributed by atoms with Crippen LogP contribution in [0.15, 0.2) is 64.6 Å². The summed E-state index contributed by atoms with van der Waals surface area (Å²) in [5.41, 5.74) is 0.321. The molecule has 1 saturated carbocycles. The SMILES string of the molecule is O=C(NC1CCCCC1)[C@H](c1ccco1)N(C(=O)Cc1cccs1)c1cccc(F)c1. The first kappa shape index (κ1) is 21.3. The third-order valence-electron chi connectivity index (χ3n) is 5.53. The second kappa shape index (κ2) is 9.92. The van der Waals surface area contributed by atoms with Gasteiger partial charge >= 0.3 is 0 Å². The van der Waals surface area contributed by atoms with Crippen LogP contribution in [0.2, 0.25) is 0 Å². The molecule has 4 rings (SSSR count). The molecule has 0 unspecified atom stereocenters. The highest BCUT2D eigenvalue weighted by atomic mass is 32.1. The fourth-order valence-electron chi connectivity index (χ4n) is 4.06. The van der Waals surface area contributed by atoms with Crippen LogP contribution in [0.5, 0.6) is 0 Å². The molecule has 1 aliphatic rings. The van der Waals surface area contributed by atoms with Crippen molar-refractivity contribution < 1.29 is 18.4 Å². The van der Waals surface area contributed by atoms with Crippen LogP contribution in [0.3, 0.4) is 0 Å². The largest absolute Gasteiger partial charge is 0.467 e. The molecule has 1 N–H and O–H groups in total. The smallest absolute Gasteiger partial charge is 0.251 e. The lowest BCUT2D eigenvalue weighted by Crippen LogP contribution is -2.47. The van der Waals surface area contributed by atoms with Crippen molar-refractivity contribution in [2.45, 2.75) is 50.6 Å². The Morgan fingerprint density at radius 1 is 1.13 bits per heavy atom. The number of halogens is 1. The average Bonchev–Trinajstić information content (AvgIpc) is 3.47. The van der Waals surface area contributed by atoms with E-state index in [2.05, 4.69) is 5.32 Å². The maximum absolute atomic E-state index is 14.1. The summed E-state index contributed by atoms with van der Waals surface area (Å²) in [6, 6.07) is 11.9. The lowest BCUT2D eigenvalue weighted by atomic mass is 9.95. The summed E-state index contributed by atoms with van der Waals surface area (Å²) in [4.78, 5) is 29.1. The second-order valence-corrected chi connectivity index (χ2v) is 8.79. The molecule has 1 atom stereocenters. The van der Waals surface area contributed by atoms with E-state index in [1.54, 1.807) is 18.2 Å². The monoisotopic (exact) mass is 440 g/mol. The Labute approximate surface area is 184 Å². The van der Waals surface area contributed by atoms with Crippen LogP contribution in [0.4, 0.5) is 10.1 Å². The van der Waals surface area contributed by atoms with Crippen molar-refractivity contribution in [3.05, 3.63) is 76.6 Å². The molecule has 1 fully saturated rings. The average molecular weight is 441 g/mol. The molecule has 5 nitrogen and oxygen atoms in total. The van der Waals surface area contributed by atoms with Crippen molar-refractivity contribution in [2.75, 3.05) is 4.90 Å². The first-order valence-corrected chi connectivity index (χ1v) is 11.4. The molecule has 0 spiro atoms. The van der Waals surface area contributed by atoms with Crippen LogP contribution >= 0.6 is 11.3 Å². The number of rotatable bonds is 7. The maximum Gasteiger partial charge on any atom is 0.251 e. The molecular formula is C24H25FN2O3S. The molecule has 2 aromatic heterocycles. The molecule has 0 aliphatic heterocycles. The number of hydrogen-bond acceptors (Lipinski definition) is 4. The Kier molecular flexibility index (Phi) is 6.82. The van der Waals surface area contributed by atoms with Gasteiger partial charge in [0.2, 0.25) is 5.91 Å². The maximum atomic E-state index is 14.1. The Morgan fingerprint density at radius 2 is 1.97 bits per heavy atom. The van der Waals surface area contributed by atoms with Crippen LogP contribution < -0.4 is 10.2 Å². The van der Waals surface area contributed by atoms with Gasteiger partial charge < -0.3 is 9.73 Å². The van der Waals surface area contributed by atoms with Crippen LogP contribution in [0.25, 0.3) is 0 Å². The summed E-state index contributed by atoms with van der Waals surface area (Å²) in [6.45, 7) is 0. The molecule has 1 aromatic carbocycles. The van der Waals surface area contributed by atoms with Crippen molar-refractivity contribution in [1.82, 2.24) is 5.32 Å². The van der Waals surface area contributed by atoms with E-state index < -0.39 is 11.9 Å². The first-order valence-electron chi connectivity index (χ1n) is 10.6. The number of anilines is 1. The van der Waals surface area contributed by atoms with Crippen LogP contribution in [-0.4, -0.2) is 17.9 Å². The molecule has 7 heteroatoms. The number of furan rings is 1. The minimum Gasteiger partial charge on any atom is -0.467 e.